The highest BCUT2D eigenvalue weighted by Gasteiger charge is 2.24. The molecule has 4 nitrogen and oxygen atoms in total. The number of benzene rings is 1. The number of rotatable bonds is 4. The van der Waals surface area contributed by atoms with Gasteiger partial charge in [-0.05, 0) is 30.7 Å². The quantitative estimate of drug-likeness (QED) is 0.814. The van der Waals surface area contributed by atoms with Gasteiger partial charge in [-0.25, -0.2) is 0 Å². The molecule has 0 aromatic heterocycles. The Bertz CT molecular complexity index is 430. The fourth-order valence-electron chi connectivity index (χ4n) is 2.49. The molecule has 0 spiro atoms. The first-order valence-corrected chi connectivity index (χ1v) is 7.01. The molecule has 1 unspecified atom stereocenters. The van der Waals surface area contributed by atoms with E-state index in [1.165, 1.54) is 0 Å². The Balaban J connectivity index is 2.25. The summed E-state index contributed by atoms with van der Waals surface area (Å²) in [5.41, 5.74) is 7.08. The lowest BCUT2D eigenvalue weighted by Gasteiger charge is -2.30. The van der Waals surface area contributed by atoms with Crippen molar-refractivity contribution in [3.8, 4) is 5.75 Å². The summed E-state index contributed by atoms with van der Waals surface area (Å²) in [5, 5.41) is 3.39. The Morgan fingerprint density at radius 1 is 1.42 bits per heavy atom. The average molecular weight is 279 g/mol. The second-order valence-electron chi connectivity index (χ2n) is 4.72. The van der Waals surface area contributed by atoms with Crippen molar-refractivity contribution in [2.45, 2.75) is 12.5 Å². The summed E-state index contributed by atoms with van der Waals surface area (Å²) in [6.45, 7) is 3.99. The molecule has 1 fully saturated rings. The van der Waals surface area contributed by atoms with Gasteiger partial charge in [0.2, 0.25) is 0 Å². The first-order valence-electron chi connectivity index (χ1n) is 6.60. The summed E-state index contributed by atoms with van der Waals surface area (Å²) in [6, 6.07) is 7.98. The van der Waals surface area contributed by atoms with Gasteiger partial charge >= 0.3 is 0 Å². The summed E-state index contributed by atoms with van der Waals surface area (Å²) in [4.78, 5) is 2.87. The van der Waals surface area contributed by atoms with Crippen LogP contribution in [0.5, 0.6) is 5.75 Å². The minimum Gasteiger partial charge on any atom is -0.497 e. The zero-order chi connectivity index (χ0) is 13.7. The van der Waals surface area contributed by atoms with Crippen molar-refractivity contribution in [2.24, 2.45) is 5.73 Å². The molecule has 0 radical (unpaired) electrons. The van der Waals surface area contributed by atoms with Gasteiger partial charge in [0, 0.05) is 19.6 Å². The molecule has 1 aromatic rings. The predicted molar refractivity (Wildman–Crippen MR) is 81.6 cm³/mol. The minimum atomic E-state index is -0.00926. The molecule has 3 N–H and O–H groups in total. The molecule has 1 aromatic carbocycles. The Morgan fingerprint density at radius 2 is 2.26 bits per heavy atom. The highest BCUT2D eigenvalue weighted by Crippen LogP contribution is 2.25. The molecule has 19 heavy (non-hydrogen) atoms. The molecule has 0 bridgehead atoms. The predicted octanol–water partition coefficient (Wildman–Crippen LogP) is 1.32. The molecule has 1 atom stereocenters. The summed E-state index contributed by atoms with van der Waals surface area (Å²) in [6.07, 6.45) is 1.11. The summed E-state index contributed by atoms with van der Waals surface area (Å²) >= 11 is 5.28. The number of nitrogens with two attached hydrogens (primary N) is 1. The maximum absolute atomic E-state index is 5.97. The van der Waals surface area contributed by atoms with Crippen molar-refractivity contribution in [1.82, 2.24) is 10.2 Å². The molecular formula is C14H21N3OS. The molecule has 2 rings (SSSR count). The van der Waals surface area contributed by atoms with E-state index < -0.39 is 0 Å². The molecule has 0 amide bonds. The third-order valence-electron chi connectivity index (χ3n) is 3.42. The summed E-state index contributed by atoms with van der Waals surface area (Å²) in [7, 11) is 1.67. The lowest BCUT2D eigenvalue weighted by atomic mass is 10.0. The molecule has 1 saturated heterocycles. The van der Waals surface area contributed by atoms with Gasteiger partial charge in [-0.2, -0.15) is 0 Å². The number of hydrogen-bond acceptors (Lipinski definition) is 4. The van der Waals surface area contributed by atoms with Crippen LogP contribution in [0.4, 0.5) is 0 Å². The first kappa shape index (κ1) is 14.2. The lowest BCUT2D eigenvalue weighted by Crippen LogP contribution is -2.39. The van der Waals surface area contributed by atoms with Crippen LogP contribution >= 0.6 is 12.2 Å². The Kier molecular flexibility index (Phi) is 5.13. The van der Waals surface area contributed by atoms with E-state index in [1.807, 2.05) is 18.2 Å². The fraction of sp³-hybridized carbons (Fsp3) is 0.500. The smallest absolute Gasteiger partial charge is 0.119 e. The monoisotopic (exact) mass is 279 g/mol. The van der Waals surface area contributed by atoms with Gasteiger partial charge in [0.25, 0.3) is 0 Å². The topological polar surface area (TPSA) is 50.5 Å². The SMILES string of the molecule is COc1cccc(C(C(N)=S)N2CCCNCC2)c1. The van der Waals surface area contributed by atoms with Crippen LogP contribution in [0, 0.1) is 0 Å². The van der Waals surface area contributed by atoms with Gasteiger partial charge in [0.1, 0.15) is 5.75 Å². The molecular weight excluding hydrogens is 258 g/mol. The van der Waals surface area contributed by atoms with Crippen LogP contribution in [0.2, 0.25) is 0 Å². The van der Waals surface area contributed by atoms with Crippen LogP contribution in [0.15, 0.2) is 24.3 Å². The van der Waals surface area contributed by atoms with E-state index in [4.69, 9.17) is 22.7 Å². The third-order valence-corrected chi connectivity index (χ3v) is 3.64. The van der Waals surface area contributed by atoms with Crippen LogP contribution in [0.1, 0.15) is 18.0 Å². The number of methoxy groups -OCH3 is 1. The Morgan fingerprint density at radius 3 is 3.00 bits per heavy atom. The second kappa shape index (κ2) is 6.84. The van der Waals surface area contributed by atoms with Crippen molar-refractivity contribution in [2.75, 3.05) is 33.3 Å². The second-order valence-corrected chi connectivity index (χ2v) is 5.19. The number of nitrogens with one attached hydrogen (secondary N) is 1. The molecule has 104 valence electrons. The zero-order valence-corrected chi connectivity index (χ0v) is 12.1. The molecule has 0 saturated carbocycles. The maximum atomic E-state index is 5.97. The van der Waals surface area contributed by atoms with Crippen LogP contribution in [-0.4, -0.2) is 43.2 Å². The standard InChI is InChI=1S/C14H21N3OS/c1-18-12-5-2-4-11(10-12)13(14(15)19)17-8-3-6-16-7-9-17/h2,4-5,10,13,16H,3,6-9H2,1H3,(H2,15,19). The zero-order valence-electron chi connectivity index (χ0n) is 11.3. The molecule has 5 heteroatoms. The number of nitrogens with zero attached hydrogens (tertiary/aromatic N) is 1. The van der Waals surface area contributed by atoms with Crippen molar-refractivity contribution < 1.29 is 4.74 Å². The Labute approximate surface area is 119 Å². The fourth-order valence-corrected chi connectivity index (χ4v) is 2.78. The highest BCUT2D eigenvalue weighted by atomic mass is 32.1. The highest BCUT2D eigenvalue weighted by molar-refractivity contribution is 7.80. The third kappa shape index (κ3) is 3.65. The summed E-state index contributed by atoms with van der Waals surface area (Å²) < 4.78 is 5.28. The molecule has 0 aliphatic carbocycles. The van der Waals surface area contributed by atoms with Crippen molar-refractivity contribution in [3.63, 3.8) is 0 Å². The van der Waals surface area contributed by atoms with Crippen molar-refractivity contribution >= 4 is 17.2 Å². The van der Waals surface area contributed by atoms with E-state index in [-0.39, 0.29) is 6.04 Å². The van der Waals surface area contributed by atoms with E-state index in [1.54, 1.807) is 7.11 Å². The maximum Gasteiger partial charge on any atom is 0.119 e. The average Bonchev–Trinajstić information content (AvgIpc) is 2.68. The van der Waals surface area contributed by atoms with Crippen LogP contribution < -0.4 is 15.8 Å². The van der Waals surface area contributed by atoms with Gasteiger partial charge in [0.15, 0.2) is 0 Å². The molecule has 1 aliphatic rings. The van der Waals surface area contributed by atoms with Crippen LogP contribution in [0.3, 0.4) is 0 Å². The van der Waals surface area contributed by atoms with Crippen molar-refractivity contribution in [3.05, 3.63) is 29.8 Å². The van der Waals surface area contributed by atoms with Crippen LogP contribution in [-0.2, 0) is 0 Å². The first-order chi connectivity index (χ1) is 9.22. The van der Waals surface area contributed by atoms with E-state index in [0.29, 0.717) is 4.99 Å². The molecule has 1 heterocycles. The van der Waals surface area contributed by atoms with Gasteiger partial charge in [-0.15, -0.1) is 0 Å². The lowest BCUT2D eigenvalue weighted by molar-refractivity contribution is 0.261. The van der Waals surface area contributed by atoms with E-state index >= 15 is 0 Å². The van der Waals surface area contributed by atoms with Crippen molar-refractivity contribution in [1.29, 1.82) is 0 Å². The number of thiocarbonyl (C=S) groups is 1. The Hall–Kier alpha value is -1.17. The number of ether oxygens (including phenoxy) is 1. The minimum absolute atomic E-state index is 0.00926. The summed E-state index contributed by atoms with van der Waals surface area (Å²) in [5.74, 6) is 0.840. The molecule has 1 aliphatic heterocycles. The van der Waals surface area contributed by atoms with Gasteiger partial charge in [-0.1, -0.05) is 24.4 Å². The van der Waals surface area contributed by atoms with E-state index in [0.717, 1.165) is 43.9 Å². The van der Waals surface area contributed by atoms with Gasteiger partial charge in [0.05, 0.1) is 18.1 Å². The van der Waals surface area contributed by atoms with Crippen LogP contribution in [0.25, 0.3) is 0 Å². The van der Waals surface area contributed by atoms with Gasteiger partial charge in [-0.3, -0.25) is 4.90 Å². The largest absolute Gasteiger partial charge is 0.497 e. The van der Waals surface area contributed by atoms with E-state index in [2.05, 4.69) is 16.3 Å². The van der Waals surface area contributed by atoms with Gasteiger partial charge < -0.3 is 15.8 Å². The number of hydrogen-bond donors (Lipinski definition) is 2. The normalized spacial score (nSPS) is 18.6. The van der Waals surface area contributed by atoms with E-state index in [9.17, 15) is 0 Å².